The molecule has 0 radical (unpaired) electrons. The zero-order chi connectivity index (χ0) is 15.0. The number of amides is 1. The van der Waals surface area contributed by atoms with Crippen molar-refractivity contribution in [2.75, 3.05) is 11.9 Å². The van der Waals surface area contributed by atoms with Gasteiger partial charge in [-0.2, -0.15) is 0 Å². The van der Waals surface area contributed by atoms with Crippen LogP contribution in [0.5, 0.6) is 0 Å². The third-order valence-corrected chi connectivity index (χ3v) is 3.83. The molecule has 7 heteroatoms. The fourth-order valence-corrected chi connectivity index (χ4v) is 2.21. The molecule has 106 valence electrons. The van der Waals surface area contributed by atoms with Gasteiger partial charge in [0, 0.05) is 31.3 Å². The maximum Gasteiger partial charge on any atom is 0.278 e. The highest BCUT2D eigenvalue weighted by molar-refractivity contribution is 6.42. The minimum absolute atomic E-state index is 0.246. The number of carbonyl (C=O) groups is 1. The van der Waals surface area contributed by atoms with Crippen LogP contribution in [-0.2, 0) is 0 Å². The molecule has 0 aliphatic rings. The van der Waals surface area contributed by atoms with Gasteiger partial charge in [0.25, 0.3) is 5.91 Å². The summed E-state index contributed by atoms with van der Waals surface area (Å²) in [6, 6.07) is 5.01. The fourth-order valence-electron chi connectivity index (χ4n) is 1.92. The van der Waals surface area contributed by atoms with Crippen molar-refractivity contribution >= 4 is 40.4 Å². The summed E-state index contributed by atoms with van der Waals surface area (Å²) in [6.07, 6.45) is 6.59. The minimum atomic E-state index is -0.246. The number of rotatable bonds is 2. The average Bonchev–Trinajstić information content (AvgIpc) is 2.96. The lowest BCUT2D eigenvalue weighted by Gasteiger charge is -2.17. The van der Waals surface area contributed by atoms with Crippen molar-refractivity contribution in [1.82, 2.24) is 14.4 Å². The molecular weight excluding hydrogens is 311 g/mol. The number of halogens is 2. The molecule has 0 fully saturated rings. The van der Waals surface area contributed by atoms with Gasteiger partial charge in [-0.25, -0.2) is 9.97 Å². The molecule has 3 rings (SSSR count). The molecule has 2 heterocycles. The molecule has 0 atom stereocenters. The van der Waals surface area contributed by atoms with Crippen molar-refractivity contribution < 1.29 is 4.79 Å². The number of nitrogens with zero attached hydrogens (tertiary/aromatic N) is 4. The van der Waals surface area contributed by atoms with E-state index in [4.69, 9.17) is 23.2 Å². The highest BCUT2D eigenvalue weighted by atomic mass is 35.5. The summed E-state index contributed by atoms with van der Waals surface area (Å²) in [5, 5.41) is 0.839. The van der Waals surface area contributed by atoms with E-state index in [0.29, 0.717) is 27.1 Å². The minimum Gasteiger partial charge on any atom is -0.310 e. The first-order valence-electron chi connectivity index (χ1n) is 6.08. The van der Waals surface area contributed by atoms with Crippen LogP contribution in [0.4, 0.5) is 5.69 Å². The van der Waals surface area contributed by atoms with Crippen LogP contribution in [0, 0.1) is 0 Å². The van der Waals surface area contributed by atoms with E-state index in [2.05, 4.69) is 9.97 Å². The van der Waals surface area contributed by atoms with Gasteiger partial charge in [0.15, 0.2) is 5.65 Å². The van der Waals surface area contributed by atoms with E-state index >= 15 is 0 Å². The number of hydrogen-bond acceptors (Lipinski definition) is 3. The van der Waals surface area contributed by atoms with Crippen molar-refractivity contribution in [2.45, 2.75) is 0 Å². The highest BCUT2D eigenvalue weighted by Gasteiger charge is 2.16. The van der Waals surface area contributed by atoms with Crippen molar-refractivity contribution in [3.8, 4) is 0 Å². The third kappa shape index (κ3) is 2.57. The van der Waals surface area contributed by atoms with Gasteiger partial charge in [-0.1, -0.05) is 23.2 Å². The lowest BCUT2D eigenvalue weighted by molar-refractivity contribution is 0.0988. The molecule has 0 spiro atoms. The molecule has 0 saturated carbocycles. The predicted octanol–water partition coefficient (Wildman–Crippen LogP) is 3.31. The number of anilines is 1. The van der Waals surface area contributed by atoms with Crippen LogP contribution >= 0.6 is 23.2 Å². The Morgan fingerprint density at radius 2 is 2.05 bits per heavy atom. The van der Waals surface area contributed by atoms with Crippen molar-refractivity contribution in [2.24, 2.45) is 0 Å². The molecule has 0 saturated heterocycles. The van der Waals surface area contributed by atoms with Crippen LogP contribution in [0.15, 0.2) is 43.0 Å². The fraction of sp³-hybridized carbons (Fsp3) is 0.0714. The second-order valence-electron chi connectivity index (χ2n) is 4.43. The van der Waals surface area contributed by atoms with Crippen LogP contribution in [0.2, 0.25) is 10.0 Å². The first kappa shape index (κ1) is 13.9. The molecule has 21 heavy (non-hydrogen) atoms. The lowest BCUT2D eigenvalue weighted by atomic mass is 10.2. The maximum atomic E-state index is 12.5. The van der Waals surface area contributed by atoms with E-state index in [9.17, 15) is 4.79 Å². The Balaban J connectivity index is 1.94. The summed E-state index contributed by atoms with van der Waals surface area (Å²) in [6.45, 7) is 0. The molecule has 1 aromatic carbocycles. The molecule has 0 aliphatic heterocycles. The van der Waals surface area contributed by atoms with E-state index in [0.717, 1.165) is 0 Å². The second kappa shape index (κ2) is 5.35. The van der Waals surface area contributed by atoms with Gasteiger partial charge < -0.3 is 9.30 Å². The highest BCUT2D eigenvalue weighted by Crippen LogP contribution is 2.27. The van der Waals surface area contributed by atoms with Gasteiger partial charge >= 0.3 is 0 Å². The summed E-state index contributed by atoms with van der Waals surface area (Å²) in [5.41, 5.74) is 1.64. The van der Waals surface area contributed by atoms with Crippen molar-refractivity contribution in [1.29, 1.82) is 0 Å². The number of aromatic nitrogens is 3. The smallest absolute Gasteiger partial charge is 0.278 e. The molecule has 2 aromatic heterocycles. The van der Waals surface area contributed by atoms with Crippen LogP contribution in [-0.4, -0.2) is 27.3 Å². The molecule has 0 bridgehead atoms. The number of benzene rings is 1. The summed E-state index contributed by atoms with van der Waals surface area (Å²) in [4.78, 5) is 22.1. The zero-order valence-corrected chi connectivity index (χ0v) is 12.5. The van der Waals surface area contributed by atoms with E-state index in [1.54, 1.807) is 54.4 Å². The second-order valence-corrected chi connectivity index (χ2v) is 5.24. The number of imidazole rings is 1. The standard InChI is InChI=1S/C14H10Cl2N4O/c1-19(9-2-3-10(15)11(16)6-9)14(21)12-8-20-5-4-17-13(20)7-18-12/h2-8H,1H3. The summed E-state index contributed by atoms with van der Waals surface area (Å²) in [5.74, 6) is -0.246. The van der Waals surface area contributed by atoms with Crippen LogP contribution in [0.1, 0.15) is 10.5 Å². The Bertz CT molecular complexity index is 831. The van der Waals surface area contributed by atoms with E-state index in [-0.39, 0.29) is 5.91 Å². The van der Waals surface area contributed by atoms with E-state index in [1.165, 1.54) is 4.90 Å². The first-order chi connectivity index (χ1) is 10.1. The van der Waals surface area contributed by atoms with Gasteiger partial charge in [-0.15, -0.1) is 0 Å². The largest absolute Gasteiger partial charge is 0.310 e. The van der Waals surface area contributed by atoms with E-state index < -0.39 is 0 Å². The monoisotopic (exact) mass is 320 g/mol. The lowest BCUT2D eigenvalue weighted by Crippen LogP contribution is -2.27. The quantitative estimate of drug-likeness (QED) is 0.727. The van der Waals surface area contributed by atoms with Gasteiger partial charge in [0.05, 0.1) is 16.2 Å². The van der Waals surface area contributed by atoms with Gasteiger partial charge in [-0.05, 0) is 18.2 Å². The Hall–Kier alpha value is -2.11. The Kier molecular flexibility index (Phi) is 3.53. The van der Waals surface area contributed by atoms with Crippen molar-refractivity contribution in [3.63, 3.8) is 0 Å². The molecule has 0 unspecified atom stereocenters. The van der Waals surface area contributed by atoms with Gasteiger partial charge in [0.1, 0.15) is 5.69 Å². The number of fused-ring (bicyclic) bond motifs is 1. The molecule has 3 aromatic rings. The molecular formula is C14H10Cl2N4O. The summed E-state index contributed by atoms with van der Waals surface area (Å²) < 4.78 is 1.74. The third-order valence-electron chi connectivity index (χ3n) is 3.09. The molecule has 1 amide bonds. The summed E-state index contributed by atoms with van der Waals surface area (Å²) in [7, 11) is 1.65. The van der Waals surface area contributed by atoms with Crippen LogP contribution < -0.4 is 4.90 Å². The first-order valence-corrected chi connectivity index (χ1v) is 6.83. The van der Waals surface area contributed by atoms with Gasteiger partial charge in [-0.3, -0.25) is 4.79 Å². The Labute approximate surface area is 130 Å². The van der Waals surface area contributed by atoms with E-state index in [1.807, 2.05) is 0 Å². The van der Waals surface area contributed by atoms with Gasteiger partial charge in [0.2, 0.25) is 0 Å². The Morgan fingerprint density at radius 3 is 2.81 bits per heavy atom. The normalized spacial score (nSPS) is 10.8. The SMILES string of the molecule is CN(C(=O)c1cn2ccnc2cn1)c1ccc(Cl)c(Cl)c1. The zero-order valence-electron chi connectivity index (χ0n) is 11.0. The average molecular weight is 321 g/mol. The number of hydrogen-bond donors (Lipinski definition) is 0. The molecule has 0 N–H and O–H groups in total. The molecule has 0 aliphatic carbocycles. The van der Waals surface area contributed by atoms with Crippen LogP contribution in [0.25, 0.3) is 5.65 Å². The molecule has 5 nitrogen and oxygen atoms in total. The maximum absolute atomic E-state index is 12.5. The number of carbonyl (C=O) groups excluding carboxylic acids is 1. The Morgan fingerprint density at radius 1 is 1.24 bits per heavy atom. The van der Waals surface area contributed by atoms with Crippen LogP contribution in [0.3, 0.4) is 0 Å². The summed E-state index contributed by atoms with van der Waals surface area (Å²) >= 11 is 11.9. The topological polar surface area (TPSA) is 50.5 Å². The predicted molar refractivity (Wildman–Crippen MR) is 82.2 cm³/mol. The van der Waals surface area contributed by atoms with Crippen molar-refractivity contribution in [3.05, 3.63) is 58.7 Å².